The summed E-state index contributed by atoms with van der Waals surface area (Å²) in [5.74, 6) is -0.625. The van der Waals surface area contributed by atoms with Gasteiger partial charge in [-0.05, 0) is 47.9 Å². The molecular formula is C19H19Cl2FN2O. The lowest BCUT2D eigenvalue weighted by atomic mass is 9.76. The third-order valence-corrected chi connectivity index (χ3v) is 5.56. The lowest BCUT2D eigenvalue weighted by Crippen LogP contribution is -2.34. The Labute approximate surface area is 156 Å². The minimum atomic E-state index is -0.375. The zero-order valence-corrected chi connectivity index (χ0v) is 15.2. The number of nitrogens with one attached hydrogen (secondary N) is 2. The number of hydrogen-bond acceptors (Lipinski definition) is 2. The number of hydrogen-bond donors (Lipinski definition) is 2. The van der Waals surface area contributed by atoms with Crippen molar-refractivity contribution in [2.24, 2.45) is 5.92 Å². The van der Waals surface area contributed by atoms with E-state index < -0.39 is 0 Å². The van der Waals surface area contributed by atoms with Crippen LogP contribution in [0.4, 0.5) is 4.39 Å². The first kappa shape index (κ1) is 18.2. The Morgan fingerprint density at radius 1 is 1.16 bits per heavy atom. The molecule has 3 unspecified atom stereocenters. The molecule has 25 heavy (non-hydrogen) atoms. The van der Waals surface area contributed by atoms with E-state index in [1.165, 1.54) is 12.1 Å². The summed E-state index contributed by atoms with van der Waals surface area (Å²) in [5.41, 5.74) is 1.85. The van der Waals surface area contributed by atoms with Gasteiger partial charge in [0.15, 0.2) is 0 Å². The van der Waals surface area contributed by atoms with E-state index in [0.29, 0.717) is 16.6 Å². The van der Waals surface area contributed by atoms with Crippen molar-refractivity contribution in [3.05, 3.63) is 69.5 Å². The SMILES string of the molecule is CNC(=O)C(c1ccc(F)cc1)C1CNCC1c1ccc(Cl)c(Cl)c1. The molecule has 2 aromatic rings. The fraction of sp³-hybridized carbons (Fsp3) is 0.316. The van der Waals surface area contributed by atoms with Crippen molar-refractivity contribution in [1.29, 1.82) is 0 Å². The van der Waals surface area contributed by atoms with Gasteiger partial charge in [0.25, 0.3) is 0 Å². The maximum absolute atomic E-state index is 13.3. The summed E-state index contributed by atoms with van der Waals surface area (Å²) in [4.78, 5) is 12.6. The first-order valence-corrected chi connectivity index (χ1v) is 8.89. The summed E-state index contributed by atoms with van der Waals surface area (Å²) in [7, 11) is 1.62. The number of carbonyl (C=O) groups excluding carboxylic acids is 1. The van der Waals surface area contributed by atoms with Crippen LogP contribution in [0, 0.1) is 11.7 Å². The molecule has 3 nitrogen and oxygen atoms in total. The fourth-order valence-corrected chi connectivity index (χ4v) is 3.88. The van der Waals surface area contributed by atoms with Gasteiger partial charge < -0.3 is 10.6 Å². The number of carbonyl (C=O) groups is 1. The van der Waals surface area contributed by atoms with Crippen LogP contribution < -0.4 is 10.6 Å². The Kier molecular flexibility index (Phi) is 5.62. The molecule has 1 fully saturated rings. The van der Waals surface area contributed by atoms with Crippen molar-refractivity contribution in [1.82, 2.24) is 10.6 Å². The maximum Gasteiger partial charge on any atom is 0.227 e. The normalized spacial score (nSPS) is 21.1. The van der Waals surface area contributed by atoms with Crippen molar-refractivity contribution in [2.75, 3.05) is 20.1 Å². The number of halogens is 3. The molecule has 1 heterocycles. The van der Waals surface area contributed by atoms with Crippen molar-refractivity contribution in [3.63, 3.8) is 0 Å². The van der Waals surface area contributed by atoms with E-state index in [1.54, 1.807) is 25.2 Å². The highest BCUT2D eigenvalue weighted by Gasteiger charge is 2.39. The molecule has 1 aliphatic heterocycles. The van der Waals surface area contributed by atoms with Crippen LogP contribution in [0.3, 0.4) is 0 Å². The monoisotopic (exact) mass is 380 g/mol. The van der Waals surface area contributed by atoms with Gasteiger partial charge in [-0.2, -0.15) is 0 Å². The molecule has 0 aromatic heterocycles. The molecule has 0 spiro atoms. The molecule has 0 radical (unpaired) electrons. The van der Waals surface area contributed by atoms with Crippen LogP contribution in [0.2, 0.25) is 10.0 Å². The predicted molar refractivity (Wildman–Crippen MR) is 98.8 cm³/mol. The lowest BCUT2D eigenvalue weighted by molar-refractivity contribution is -0.123. The number of benzene rings is 2. The Morgan fingerprint density at radius 3 is 2.52 bits per heavy atom. The maximum atomic E-state index is 13.3. The number of likely N-dealkylation sites (N-methyl/N-ethyl adjacent to an activating group) is 1. The molecular weight excluding hydrogens is 362 g/mol. The molecule has 2 N–H and O–H groups in total. The lowest BCUT2D eigenvalue weighted by Gasteiger charge is -2.27. The van der Waals surface area contributed by atoms with E-state index in [9.17, 15) is 9.18 Å². The average Bonchev–Trinajstić information content (AvgIpc) is 3.08. The highest BCUT2D eigenvalue weighted by Crippen LogP contribution is 2.40. The highest BCUT2D eigenvalue weighted by atomic mass is 35.5. The van der Waals surface area contributed by atoms with E-state index in [4.69, 9.17) is 23.2 Å². The molecule has 1 saturated heterocycles. The van der Waals surface area contributed by atoms with Crippen LogP contribution in [0.25, 0.3) is 0 Å². The minimum Gasteiger partial charge on any atom is -0.359 e. The third kappa shape index (κ3) is 3.81. The zero-order chi connectivity index (χ0) is 18.0. The molecule has 6 heteroatoms. The molecule has 0 saturated carbocycles. The second kappa shape index (κ2) is 7.73. The van der Waals surface area contributed by atoms with Gasteiger partial charge in [0.2, 0.25) is 5.91 Å². The zero-order valence-electron chi connectivity index (χ0n) is 13.7. The summed E-state index contributed by atoms with van der Waals surface area (Å²) < 4.78 is 13.3. The summed E-state index contributed by atoms with van der Waals surface area (Å²) in [6.07, 6.45) is 0. The van der Waals surface area contributed by atoms with Crippen molar-refractivity contribution >= 4 is 29.1 Å². The van der Waals surface area contributed by atoms with E-state index in [0.717, 1.165) is 17.7 Å². The summed E-state index contributed by atoms with van der Waals surface area (Å²) in [6.45, 7) is 1.44. The molecule has 1 amide bonds. The molecule has 1 aliphatic rings. The van der Waals surface area contributed by atoms with Crippen LogP contribution in [0.5, 0.6) is 0 Å². The van der Waals surface area contributed by atoms with Crippen molar-refractivity contribution in [3.8, 4) is 0 Å². The van der Waals surface area contributed by atoms with Crippen LogP contribution in [-0.2, 0) is 4.79 Å². The second-order valence-corrected chi connectivity index (χ2v) is 7.06. The minimum absolute atomic E-state index is 0.0302. The Bertz CT molecular complexity index is 767. The molecule has 3 rings (SSSR count). The molecule has 2 aromatic carbocycles. The van der Waals surface area contributed by atoms with Gasteiger partial charge in [-0.25, -0.2) is 4.39 Å². The van der Waals surface area contributed by atoms with Crippen molar-refractivity contribution in [2.45, 2.75) is 11.8 Å². The average molecular weight is 381 g/mol. The van der Waals surface area contributed by atoms with Gasteiger partial charge in [-0.15, -0.1) is 0 Å². The van der Waals surface area contributed by atoms with Gasteiger partial charge >= 0.3 is 0 Å². The molecule has 0 bridgehead atoms. The third-order valence-electron chi connectivity index (χ3n) is 4.82. The second-order valence-electron chi connectivity index (χ2n) is 6.25. The van der Waals surface area contributed by atoms with Gasteiger partial charge in [0, 0.05) is 19.5 Å². The highest BCUT2D eigenvalue weighted by molar-refractivity contribution is 6.42. The Morgan fingerprint density at radius 2 is 1.88 bits per heavy atom. The summed E-state index contributed by atoms with van der Waals surface area (Å²) in [6, 6.07) is 11.7. The summed E-state index contributed by atoms with van der Waals surface area (Å²) in [5, 5.41) is 7.12. The quantitative estimate of drug-likeness (QED) is 0.842. The first-order chi connectivity index (χ1) is 12.0. The number of rotatable bonds is 4. The van der Waals surface area contributed by atoms with Crippen molar-refractivity contribution < 1.29 is 9.18 Å². The molecule has 0 aliphatic carbocycles. The van der Waals surface area contributed by atoms with Gasteiger partial charge in [0.05, 0.1) is 16.0 Å². The number of amides is 1. The van der Waals surface area contributed by atoms with Crippen LogP contribution in [0.1, 0.15) is 23.0 Å². The van der Waals surface area contributed by atoms with Crippen LogP contribution >= 0.6 is 23.2 Å². The Balaban J connectivity index is 1.97. The Hall–Kier alpha value is -1.62. The van der Waals surface area contributed by atoms with Gasteiger partial charge in [0.1, 0.15) is 5.82 Å². The van der Waals surface area contributed by atoms with E-state index in [-0.39, 0.29) is 29.5 Å². The van der Waals surface area contributed by atoms with Crippen LogP contribution in [-0.4, -0.2) is 26.0 Å². The largest absolute Gasteiger partial charge is 0.359 e. The van der Waals surface area contributed by atoms with E-state index >= 15 is 0 Å². The molecule has 132 valence electrons. The standard InChI is InChI=1S/C19H19Cl2FN2O/c1-23-19(25)18(11-2-5-13(22)6-3-11)15-10-24-9-14(15)12-4-7-16(20)17(21)8-12/h2-8,14-15,18,24H,9-10H2,1H3,(H,23,25). The topological polar surface area (TPSA) is 41.1 Å². The summed E-state index contributed by atoms with van der Waals surface area (Å²) >= 11 is 12.2. The van der Waals surface area contributed by atoms with Gasteiger partial charge in [-0.3, -0.25) is 4.79 Å². The smallest absolute Gasteiger partial charge is 0.227 e. The fourth-order valence-electron chi connectivity index (χ4n) is 3.58. The first-order valence-electron chi connectivity index (χ1n) is 8.14. The predicted octanol–water partition coefficient (Wildman–Crippen LogP) is 3.97. The van der Waals surface area contributed by atoms with Gasteiger partial charge in [-0.1, -0.05) is 41.4 Å². The van der Waals surface area contributed by atoms with Crippen LogP contribution in [0.15, 0.2) is 42.5 Å². The molecule has 3 atom stereocenters. The van der Waals surface area contributed by atoms with E-state index in [1.807, 2.05) is 12.1 Å². The van der Waals surface area contributed by atoms with E-state index in [2.05, 4.69) is 10.6 Å².